The van der Waals surface area contributed by atoms with Gasteiger partial charge in [0.25, 0.3) is 0 Å². The van der Waals surface area contributed by atoms with Crippen LogP contribution in [0.25, 0.3) is 11.5 Å². The summed E-state index contributed by atoms with van der Waals surface area (Å²) >= 11 is 5.04. The van der Waals surface area contributed by atoms with E-state index in [1.807, 2.05) is 51.7 Å². The number of aromatic nitrogens is 3. The molecule has 0 aliphatic heterocycles. The molecule has 3 rings (SSSR count). The Labute approximate surface area is 103 Å². The first-order chi connectivity index (χ1) is 8.27. The molecule has 0 aromatic carbocycles. The fourth-order valence-corrected chi connectivity index (χ4v) is 2.08. The quantitative estimate of drug-likeness (QED) is 0.697. The number of fused-ring (bicyclic) bond motifs is 1. The van der Waals surface area contributed by atoms with Crippen LogP contribution in [0.2, 0.25) is 0 Å². The lowest BCUT2D eigenvalue weighted by molar-refractivity contribution is 0.958. The lowest BCUT2D eigenvalue weighted by Crippen LogP contribution is -2.15. The van der Waals surface area contributed by atoms with Crippen LogP contribution in [0, 0.1) is 0 Å². The molecule has 0 saturated heterocycles. The first-order valence-electron chi connectivity index (χ1n) is 5.17. The van der Waals surface area contributed by atoms with Crippen LogP contribution in [0.3, 0.4) is 0 Å². The minimum atomic E-state index is 0.382. The summed E-state index contributed by atoms with van der Waals surface area (Å²) in [5.74, 6) is 0.966. The maximum absolute atomic E-state index is 5.70. The largest absolute Gasteiger partial charge is 0.388 e. The molecule has 0 radical (unpaired) electrons. The molecule has 0 aliphatic carbocycles. The molecule has 0 spiro atoms. The van der Waals surface area contributed by atoms with E-state index in [1.165, 1.54) is 0 Å². The van der Waals surface area contributed by atoms with Gasteiger partial charge in [-0.15, -0.1) is 0 Å². The van der Waals surface area contributed by atoms with Gasteiger partial charge in [-0.1, -0.05) is 18.3 Å². The molecule has 0 amide bonds. The van der Waals surface area contributed by atoms with E-state index >= 15 is 0 Å². The Morgan fingerprint density at radius 2 is 2.06 bits per heavy atom. The van der Waals surface area contributed by atoms with Crippen LogP contribution in [-0.4, -0.2) is 18.9 Å². The zero-order valence-corrected chi connectivity index (χ0v) is 9.76. The smallest absolute Gasteiger partial charge is 0.138 e. The fraction of sp³-hybridized carbons (Fsp3) is 0. The number of nitrogens with two attached hydrogens (primary N) is 1. The SMILES string of the molecule is NC(=S)c1cccn1-c1cccc2nccn12. The van der Waals surface area contributed by atoms with Crippen LogP contribution in [0.5, 0.6) is 0 Å². The maximum atomic E-state index is 5.70. The van der Waals surface area contributed by atoms with Crippen LogP contribution < -0.4 is 5.73 Å². The Bertz CT molecular complexity index is 695. The van der Waals surface area contributed by atoms with E-state index in [0.717, 1.165) is 17.2 Å². The van der Waals surface area contributed by atoms with Crippen molar-refractivity contribution in [1.82, 2.24) is 14.0 Å². The fourth-order valence-electron chi connectivity index (χ4n) is 1.91. The van der Waals surface area contributed by atoms with Gasteiger partial charge in [-0.25, -0.2) is 4.98 Å². The third-order valence-corrected chi connectivity index (χ3v) is 2.86. The maximum Gasteiger partial charge on any atom is 0.138 e. The van der Waals surface area contributed by atoms with Crippen molar-refractivity contribution < 1.29 is 0 Å². The zero-order chi connectivity index (χ0) is 11.8. The number of pyridine rings is 1. The van der Waals surface area contributed by atoms with E-state index in [4.69, 9.17) is 18.0 Å². The molecule has 3 aromatic heterocycles. The topological polar surface area (TPSA) is 48.2 Å². The average Bonchev–Trinajstić information content (AvgIpc) is 2.97. The van der Waals surface area contributed by atoms with Crippen LogP contribution in [0.15, 0.2) is 48.9 Å². The normalized spacial score (nSPS) is 10.8. The summed E-state index contributed by atoms with van der Waals surface area (Å²) < 4.78 is 3.94. The molecule has 3 heterocycles. The molecule has 0 bridgehead atoms. The zero-order valence-electron chi connectivity index (χ0n) is 8.95. The van der Waals surface area contributed by atoms with Gasteiger partial charge in [0.1, 0.15) is 16.5 Å². The highest BCUT2D eigenvalue weighted by atomic mass is 32.1. The molecule has 0 saturated carbocycles. The van der Waals surface area contributed by atoms with E-state index in [1.54, 1.807) is 6.20 Å². The van der Waals surface area contributed by atoms with Gasteiger partial charge in [0.15, 0.2) is 0 Å². The minimum Gasteiger partial charge on any atom is -0.388 e. The van der Waals surface area contributed by atoms with Crippen molar-refractivity contribution in [2.75, 3.05) is 0 Å². The second kappa shape index (κ2) is 3.71. The molecule has 5 heteroatoms. The Balaban J connectivity index is 2.30. The number of hydrogen-bond acceptors (Lipinski definition) is 2. The van der Waals surface area contributed by atoms with E-state index < -0.39 is 0 Å². The minimum absolute atomic E-state index is 0.382. The van der Waals surface area contributed by atoms with Gasteiger partial charge in [-0.3, -0.25) is 8.97 Å². The third-order valence-electron chi connectivity index (χ3n) is 2.65. The van der Waals surface area contributed by atoms with Gasteiger partial charge in [0.2, 0.25) is 0 Å². The number of thiocarbonyl (C=S) groups is 1. The average molecular weight is 242 g/mol. The predicted octanol–water partition coefficient (Wildman–Crippen LogP) is 1.76. The molecule has 0 unspecified atom stereocenters. The Morgan fingerprint density at radius 3 is 2.88 bits per heavy atom. The van der Waals surface area contributed by atoms with Crippen molar-refractivity contribution >= 4 is 22.9 Å². The standard InChI is InChI=1S/C12H10N4S/c13-12(17)9-3-2-7-15(9)11-5-1-4-10-14-6-8-16(10)11/h1-8H,(H2,13,17). The van der Waals surface area contributed by atoms with E-state index in [9.17, 15) is 0 Å². The van der Waals surface area contributed by atoms with Crippen LogP contribution in [0.1, 0.15) is 5.69 Å². The van der Waals surface area contributed by atoms with Crippen LogP contribution in [-0.2, 0) is 0 Å². The number of imidazole rings is 1. The second-order valence-electron chi connectivity index (χ2n) is 3.67. The van der Waals surface area contributed by atoms with Gasteiger partial charge < -0.3 is 5.73 Å². The molecule has 0 fully saturated rings. The lowest BCUT2D eigenvalue weighted by Gasteiger charge is -2.10. The lowest BCUT2D eigenvalue weighted by atomic mass is 10.4. The van der Waals surface area contributed by atoms with Gasteiger partial charge in [-0.05, 0) is 24.3 Å². The van der Waals surface area contributed by atoms with Crippen LogP contribution >= 0.6 is 12.2 Å². The second-order valence-corrected chi connectivity index (χ2v) is 4.11. The van der Waals surface area contributed by atoms with Gasteiger partial charge >= 0.3 is 0 Å². The molecule has 3 aromatic rings. The number of hydrogen-bond donors (Lipinski definition) is 1. The summed E-state index contributed by atoms with van der Waals surface area (Å²) in [6, 6.07) is 9.73. The predicted molar refractivity (Wildman–Crippen MR) is 70.4 cm³/mol. The van der Waals surface area contributed by atoms with E-state index in [-0.39, 0.29) is 0 Å². The van der Waals surface area contributed by atoms with Crippen molar-refractivity contribution in [2.24, 2.45) is 5.73 Å². The molecule has 84 valence electrons. The summed E-state index contributed by atoms with van der Waals surface area (Å²) in [5.41, 5.74) is 7.42. The molecule has 0 aliphatic rings. The summed E-state index contributed by atoms with van der Waals surface area (Å²) in [7, 11) is 0. The highest BCUT2D eigenvalue weighted by Gasteiger charge is 2.08. The monoisotopic (exact) mass is 242 g/mol. The molecule has 4 nitrogen and oxygen atoms in total. The van der Waals surface area contributed by atoms with Crippen molar-refractivity contribution in [1.29, 1.82) is 0 Å². The molecule has 2 N–H and O–H groups in total. The van der Waals surface area contributed by atoms with Crippen molar-refractivity contribution in [2.45, 2.75) is 0 Å². The first-order valence-corrected chi connectivity index (χ1v) is 5.58. The van der Waals surface area contributed by atoms with Crippen molar-refractivity contribution in [3.63, 3.8) is 0 Å². The van der Waals surface area contributed by atoms with Gasteiger partial charge in [-0.2, -0.15) is 0 Å². The third kappa shape index (κ3) is 1.52. The number of nitrogens with zero attached hydrogens (tertiary/aromatic N) is 3. The highest BCUT2D eigenvalue weighted by molar-refractivity contribution is 7.80. The van der Waals surface area contributed by atoms with Crippen LogP contribution in [0.4, 0.5) is 0 Å². The number of rotatable bonds is 2. The van der Waals surface area contributed by atoms with E-state index in [0.29, 0.717) is 4.99 Å². The molecular weight excluding hydrogens is 232 g/mol. The van der Waals surface area contributed by atoms with Gasteiger partial charge in [0.05, 0.1) is 5.69 Å². The molecule has 17 heavy (non-hydrogen) atoms. The Kier molecular flexibility index (Phi) is 2.19. The summed E-state index contributed by atoms with van der Waals surface area (Å²) in [5, 5.41) is 0. The van der Waals surface area contributed by atoms with Gasteiger partial charge in [0, 0.05) is 18.6 Å². The van der Waals surface area contributed by atoms with Crippen molar-refractivity contribution in [3.8, 4) is 5.82 Å². The summed E-state index contributed by atoms with van der Waals surface area (Å²) in [6.45, 7) is 0. The molecule has 0 atom stereocenters. The van der Waals surface area contributed by atoms with E-state index in [2.05, 4.69) is 4.98 Å². The Hall–Kier alpha value is -2.14. The Morgan fingerprint density at radius 1 is 1.18 bits per heavy atom. The molecular formula is C12H10N4S. The highest BCUT2D eigenvalue weighted by Crippen LogP contribution is 2.14. The first kappa shape index (κ1) is 10.0. The summed E-state index contributed by atoms with van der Waals surface area (Å²) in [6.07, 6.45) is 5.61. The van der Waals surface area contributed by atoms with Crippen molar-refractivity contribution in [3.05, 3.63) is 54.6 Å². The summed E-state index contributed by atoms with van der Waals surface area (Å²) in [4.78, 5) is 4.63.